The lowest BCUT2D eigenvalue weighted by molar-refractivity contribution is -0.118. The summed E-state index contributed by atoms with van der Waals surface area (Å²) in [5.74, 6) is 1.89. The molecule has 0 aromatic heterocycles. The highest BCUT2D eigenvalue weighted by molar-refractivity contribution is 5.94. The summed E-state index contributed by atoms with van der Waals surface area (Å²) in [6.07, 6.45) is 6.42. The van der Waals surface area contributed by atoms with E-state index < -0.39 is 0 Å². The van der Waals surface area contributed by atoms with Gasteiger partial charge in [-0.15, -0.1) is 0 Å². The van der Waals surface area contributed by atoms with Crippen molar-refractivity contribution in [2.45, 2.75) is 6.42 Å². The zero-order chi connectivity index (χ0) is 17.1. The third-order valence-electron chi connectivity index (χ3n) is 4.34. The number of methoxy groups -OCH3 is 2. The number of carbonyl (C=O) groups excluding carboxylic acids is 1. The van der Waals surface area contributed by atoms with Crippen LogP contribution in [-0.4, -0.2) is 33.2 Å². The molecule has 1 aromatic carbocycles. The molecule has 1 atom stereocenters. The lowest BCUT2D eigenvalue weighted by atomic mass is 10.1. The predicted molar refractivity (Wildman–Crippen MR) is 93.8 cm³/mol. The highest BCUT2D eigenvalue weighted by Gasteiger charge is 2.37. The third-order valence-corrected chi connectivity index (χ3v) is 4.34. The third kappa shape index (κ3) is 3.21. The molecule has 2 aliphatic rings. The molecular formula is C19H22N2O3. The minimum Gasteiger partial charge on any atom is -0.497 e. The van der Waals surface area contributed by atoms with Gasteiger partial charge in [-0.2, -0.15) is 0 Å². The zero-order valence-electron chi connectivity index (χ0n) is 14.0. The van der Waals surface area contributed by atoms with Gasteiger partial charge in [0.2, 0.25) is 5.91 Å². The number of allylic oxidation sites excluding steroid dienone is 4. The van der Waals surface area contributed by atoms with Gasteiger partial charge < -0.3 is 20.1 Å². The summed E-state index contributed by atoms with van der Waals surface area (Å²) in [5.41, 5.74) is 8.91. The lowest BCUT2D eigenvalue weighted by Crippen LogP contribution is -2.33. The number of hydrogen-bond acceptors (Lipinski definition) is 4. The molecule has 5 nitrogen and oxygen atoms in total. The number of amides is 1. The van der Waals surface area contributed by atoms with Gasteiger partial charge in [-0.3, -0.25) is 4.79 Å². The van der Waals surface area contributed by atoms with E-state index in [1.807, 2.05) is 30.3 Å². The number of nitrogens with two attached hydrogens (primary N) is 1. The van der Waals surface area contributed by atoms with Crippen LogP contribution < -0.4 is 15.4 Å². The first kappa shape index (κ1) is 16.3. The Morgan fingerprint density at radius 2 is 2.08 bits per heavy atom. The number of carbonyl (C=O) groups is 1. The van der Waals surface area contributed by atoms with Crippen LogP contribution in [0.5, 0.6) is 5.75 Å². The maximum absolute atomic E-state index is 12.6. The van der Waals surface area contributed by atoms with Crippen LogP contribution in [0.15, 0.2) is 59.4 Å². The number of nitrogens with zero attached hydrogens (tertiary/aromatic N) is 1. The van der Waals surface area contributed by atoms with Gasteiger partial charge in [0.1, 0.15) is 11.5 Å². The average Bonchev–Trinajstić information content (AvgIpc) is 3.31. The number of ether oxygens (including phenoxy) is 2. The summed E-state index contributed by atoms with van der Waals surface area (Å²) in [6.45, 7) is 0.895. The molecule has 0 unspecified atom stereocenters. The van der Waals surface area contributed by atoms with Crippen molar-refractivity contribution in [1.82, 2.24) is 0 Å². The van der Waals surface area contributed by atoms with E-state index in [2.05, 4.69) is 12.2 Å². The molecule has 1 amide bonds. The van der Waals surface area contributed by atoms with Crippen LogP contribution in [0, 0.1) is 5.92 Å². The largest absolute Gasteiger partial charge is 0.497 e. The normalized spacial score (nSPS) is 18.0. The Morgan fingerprint density at radius 3 is 2.79 bits per heavy atom. The Morgan fingerprint density at radius 1 is 1.25 bits per heavy atom. The molecule has 24 heavy (non-hydrogen) atoms. The van der Waals surface area contributed by atoms with Gasteiger partial charge in [0, 0.05) is 37.2 Å². The number of anilines is 1. The number of hydrogen-bond donors (Lipinski definition) is 1. The molecule has 0 heterocycles. The summed E-state index contributed by atoms with van der Waals surface area (Å²) < 4.78 is 10.6. The van der Waals surface area contributed by atoms with E-state index in [-0.39, 0.29) is 11.8 Å². The van der Waals surface area contributed by atoms with Crippen LogP contribution in [0.25, 0.3) is 0 Å². The maximum Gasteiger partial charge on any atom is 0.228 e. The Kier molecular flexibility index (Phi) is 4.71. The molecule has 5 heteroatoms. The van der Waals surface area contributed by atoms with Crippen molar-refractivity contribution in [2.24, 2.45) is 11.7 Å². The van der Waals surface area contributed by atoms with Crippen LogP contribution in [0.1, 0.15) is 6.42 Å². The van der Waals surface area contributed by atoms with Gasteiger partial charge in [0.25, 0.3) is 0 Å². The average molecular weight is 326 g/mol. The van der Waals surface area contributed by atoms with Gasteiger partial charge in [0.15, 0.2) is 0 Å². The molecule has 0 radical (unpaired) electrons. The minimum absolute atomic E-state index is 0.0161. The summed E-state index contributed by atoms with van der Waals surface area (Å²) in [4.78, 5) is 14.3. The van der Waals surface area contributed by atoms with E-state index in [0.717, 1.165) is 17.2 Å². The first-order chi connectivity index (χ1) is 11.7. The molecule has 1 aromatic rings. The van der Waals surface area contributed by atoms with Gasteiger partial charge in [-0.25, -0.2) is 0 Å². The molecule has 2 N–H and O–H groups in total. The Bertz CT molecular complexity index is 734. The zero-order valence-corrected chi connectivity index (χ0v) is 14.0. The topological polar surface area (TPSA) is 64.8 Å². The van der Waals surface area contributed by atoms with Crippen LogP contribution >= 0.6 is 0 Å². The standard InChI is InChI=1S/C19H22N2O3/c1-23-14-5-3-4-13(10-14)21(19(22)8-9-20)12-18-16-7-6-15(24-2)11-17(16)18/h3-7,10-11,17H,8-9,12,20H2,1-2H3/t17-/m0/s1. The van der Waals surface area contributed by atoms with E-state index in [1.54, 1.807) is 19.1 Å². The van der Waals surface area contributed by atoms with Crippen LogP contribution in [0.4, 0.5) is 5.69 Å². The Labute approximate surface area is 142 Å². The van der Waals surface area contributed by atoms with Crippen molar-refractivity contribution >= 4 is 11.6 Å². The molecule has 0 aliphatic heterocycles. The second-order valence-corrected chi connectivity index (χ2v) is 5.78. The molecule has 0 fully saturated rings. The van der Waals surface area contributed by atoms with E-state index in [0.29, 0.717) is 19.5 Å². The molecule has 3 rings (SSSR count). The summed E-state index contributed by atoms with van der Waals surface area (Å²) >= 11 is 0. The monoisotopic (exact) mass is 326 g/mol. The fraction of sp³-hybridized carbons (Fsp3) is 0.316. The lowest BCUT2D eigenvalue weighted by Gasteiger charge is -2.22. The van der Waals surface area contributed by atoms with Gasteiger partial charge >= 0.3 is 0 Å². The quantitative estimate of drug-likeness (QED) is 0.836. The molecular weight excluding hydrogens is 304 g/mol. The van der Waals surface area contributed by atoms with Crippen LogP contribution in [-0.2, 0) is 9.53 Å². The fourth-order valence-electron chi connectivity index (χ4n) is 2.96. The molecule has 0 saturated heterocycles. The van der Waals surface area contributed by atoms with Crippen molar-refractivity contribution in [1.29, 1.82) is 0 Å². The Balaban J connectivity index is 1.82. The van der Waals surface area contributed by atoms with Crippen LogP contribution in [0.2, 0.25) is 0 Å². The highest BCUT2D eigenvalue weighted by Crippen LogP contribution is 2.45. The molecule has 0 saturated carbocycles. The van der Waals surface area contributed by atoms with E-state index >= 15 is 0 Å². The van der Waals surface area contributed by atoms with Crippen LogP contribution in [0.3, 0.4) is 0 Å². The fourth-order valence-corrected chi connectivity index (χ4v) is 2.96. The Hall–Kier alpha value is -2.53. The summed E-state index contributed by atoms with van der Waals surface area (Å²) in [5, 5.41) is 0. The first-order valence-electron chi connectivity index (χ1n) is 7.99. The predicted octanol–water partition coefficient (Wildman–Crippen LogP) is 2.40. The highest BCUT2D eigenvalue weighted by atomic mass is 16.5. The molecule has 0 bridgehead atoms. The van der Waals surface area contributed by atoms with Gasteiger partial charge in [-0.1, -0.05) is 12.1 Å². The molecule has 126 valence electrons. The van der Waals surface area contributed by atoms with Gasteiger partial charge in [-0.05, 0) is 35.4 Å². The van der Waals surface area contributed by atoms with Gasteiger partial charge in [0.05, 0.1) is 14.2 Å². The smallest absolute Gasteiger partial charge is 0.228 e. The summed E-state index contributed by atoms with van der Waals surface area (Å²) in [7, 11) is 3.28. The maximum atomic E-state index is 12.6. The van der Waals surface area contributed by atoms with Crippen molar-refractivity contribution in [3.8, 4) is 5.75 Å². The summed E-state index contributed by atoms with van der Waals surface area (Å²) in [6, 6.07) is 7.54. The van der Waals surface area contributed by atoms with Crippen molar-refractivity contribution in [2.75, 3.05) is 32.2 Å². The number of fused-ring (bicyclic) bond motifs is 1. The second-order valence-electron chi connectivity index (χ2n) is 5.78. The van der Waals surface area contributed by atoms with E-state index in [4.69, 9.17) is 15.2 Å². The van der Waals surface area contributed by atoms with E-state index in [9.17, 15) is 4.79 Å². The molecule has 2 aliphatic carbocycles. The van der Waals surface area contributed by atoms with Crippen molar-refractivity contribution in [3.63, 3.8) is 0 Å². The van der Waals surface area contributed by atoms with Crippen molar-refractivity contribution in [3.05, 3.63) is 59.4 Å². The SMILES string of the molecule is COC1=C[C@H]2C(=C2CN(C(=O)CCN)c2cccc(OC)c2)C=C1. The number of rotatable bonds is 7. The second kappa shape index (κ2) is 6.93. The first-order valence-corrected chi connectivity index (χ1v) is 7.99. The minimum atomic E-state index is 0.0161. The molecule has 0 spiro atoms. The number of benzene rings is 1. The van der Waals surface area contributed by atoms with E-state index in [1.165, 1.54) is 11.1 Å². The van der Waals surface area contributed by atoms with Crippen molar-refractivity contribution < 1.29 is 14.3 Å².